The van der Waals surface area contributed by atoms with Gasteiger partial charge in [0.1, 0.15) is 24.2 Å². The monoisotopic (exact) mass is 526 g/mol. The number of anilines is 1. The summed E-state index contributed by atoms with van der Waals surface area (Å²) in [6.07, 6.45) is 4.73. The van der Waals surface area contributed by atoms with Gasteiger partial charge >= 0.3 is 12.1 Å². The van der Waals surface area contributed by atoms with Crippen molar-refractivity contribution < 1.29 is 19.1 Å². The lowest BCUT2D eigenvalue weighted by atomic mass is 9.92. The van der Waals surface area contributed by atoms with E-state index in [9.17, 15) is 14.4 Å². The van der Waals surface area contributed by atoms with Gasteiger partial charge in [-0.3, -0.25) is 9.36 Å². The molecule has 12 nitrogen and oxygen atoms in total. The highest BCUT2D eigenvalue weighted by molar-refractivity contribution is 5.94. The molecule has 1 aliphatic heterocycles. The van der Waals surface area contributed by atoms with Gasteiger partial charge in [-0.1, -0.05) is 6.92 Å². The molecule has 2 atom stereocenters. The molecule has 38 heavy (non-hydrogen) atoms. The number of piperidine rings is 1. The van der Waals surface area contributed by atoms with Gasteiger partial charge in [0.15, 0.2) is 5.65 Å². The highest BCUT2D eigenvalue weighted by Gasteiger charge is 2.33. The number of nitriles is 1. The Labute approximate surface area is 223 Å². The molecule has 3 rings (SSSR count). The fraction of sp³-hybridized carbons (Fsp3) is 0.615. The number of fused-ring (bicyclic) bond motifs is 1. The molecule has 0 radical (unpaired) electrons. The Morgan fingerprint density at radius 2 is 1.92 bits per heavy atom. The zero-order valence-corrected chi connectivity index (χ0v) is 22.9. The predicted octanol–water partition coefficient (Wildman–Crippen LogP) is 2.88. The van der Waals surface area contributed by atoms with Crippen LogP contribution in [0.15, 0.2) is 18.6 Å². The standard InChI is InChI=1S/C26H38N8O4/c1-18-9-14-33(21(35)8-11-27)16-20(18)32(5)22-19-10-15-34(23(19)31-17-30-22)24(36)28-12-6-7-13-29-25(37)38-26(2,3)4/h10,15,17-18,20H,6-9,12-14,16H2,1-5H3,(H,28,36)(H,29,37)/t18-,20+/m1/s1. The summed E-state index contributed by atoms with van der Waals surface area (Å²) in [7, 11) is 1.93. The lowest BCUT2D eigenvalue weighted by Gasteiger charge is -2.42. The van der Waals surface area contributed by atoms with Crippen LogP contribution in [0.5, 0.6) is 0 Å². The van der Waals surface area contributed by atoms with Crippen molar-refractivity contribution in [1.29, 1.82) is 5.26 Å². The van der Waals surface area contributed by atoms with Crippen LogP contribution in [0, 0.1) is 17.2 Å². The minimum Gasteiger partial charge on any atom is -0.444 e. The van der Waals surface area contributed by atoms with E-state index in [1.54, 1.807) is 11.1 Å². The van der Waals surface area contributed by atoms with Crippen molar-refractivity contribution in [2.45, 2.75) is 65.0 Å². The molecule has 1 fully saturated rings. The Morgan fingerprint density at radius 1 is 1.21 bits per heavy atom. The topological polar surface area (TPSA) is 145 Å². The summed E-state index contributed by atoms with van der Waals surface area (Å²) in [5.41, 5.74) is -0.0474. The number of likely N-dealkylation sites (tertiary alicyclic amines) is 1. The number of hydrogen-bond donors (Lipinski definition) is 2. The van der Waals surface area contributed by atoms with E-state index >= 15 is 0 Å². The number of alkyl carbamates (subject to hydrolysis) is 1. The Morgan fingerprint density at radius 3 is 2.61 bits per heavy atom. The van der Waals surface area contributed by atoms with Gasteiger partial charge in [0.2, 0.25) is 5.91 Å². The molecule has 0 aliphatic carbocycles. The number of carbonyl (C=O) groups is 3. The Balaban J connectivity index is 1.59. The van der Waals surface area contributed by atoms with Crippen LogP contribution in [-0.4, -0.2) is 82.3 Å². The van der Waals surface area contributed by atoms with Crippen LogP contribution in [0.25, 0.3) is 11.0 Å². The second kappa shape index (κ2) is 12.6. The molecule has 0 aromatic carbocycles. The third-order valence-corrected chi connectivity index (χ3v) is 6.56. The molecular weight excluding hydrogens is 488 g/mol. The van der Waals surface area contributed by atoms with Crippen LogP contribution >= 0.6 is 0 Å². The lowest BCUT2D eigenvalue weighted by molar-refractivity contribution is -0.131. The molecule has 12 heteroatoms. The van der Waals surface area contributed by atoms with Gasteiger partial charge in [-0.25, -0.2) is 19.6 Å². The first-order valence-electron chi connectivity index (χ1n) is 13.0. The van der Waals surface area contributed by atoms with Crippen LogP contribution in [0.1, 0.15) is 53.4 Å². The molecule has 1 saturated heterocycles. The van der Waals surface area contributed by atoms with E-state index in [0.29, 0.717) is 56.4 Å². The molecule has 2 aromatic heterocycles. The van der Waals surface area contributed by atoms with E-state index in [4.69, 9.17) is 10.00 Å². The number of hydrogen-bond acceptors (Lipinski definition) is 8. The molecule has 3 heterocycles. The van der Waals surface area contributed by atoms with Crippen molar-refractivity contribution in [1.82, 2.24) is 30.1 Å². The average Bonchev–Trinajstić information content (AvgIpc) is 3.29. The van der Waals surface area contributed by atoms with Gasteiger partial charge in [-0.15, -0.1) is 0 Å². The van der Waals surface area contributed by atoms with Gasteiger partial charge in [0, 0.05) is 39.4 Å². The fourth-order valence-electron chi connectivity index (χ4n) is 4.53. The average molecular weight is 527 g/mol. The quantitative estimate of drug-likeness (QED) is 0.500. The van der Waals surface area contributed by atoms with Gasteiger partial charge in [0.05, 0.1) is 17.5 Å². The zero-order valence-electron chi connectivity index (χ0n) is 22.9. The van der Waals surface area contributed by atoms with E-state index in [-0.39, 0.29) is 24.4 Å². The summed E-state index contributed by atoms with van der Waals surface area (Å²) in [4.78, 5) is 49.5. The summed E-state index contributed by atoms with van der Waals surface area (Å²) in [6, 6.07) is 3.47. The molecule has 206 valence electrons. The van der Waals surface area contributed by atoms with Crippen LogP contribution in [-0.2, 0) is 9.53 Å². The number of amides is 3. The number of rotatable bonds is 8. The molecule has 0 unspecified atom stereocenters. The maximum Gasteiger partial charge on any atom is 0.407 e. The van der Waals surface area contributed by atoms with E-state index in [1.165, 1.54) is 10.9 Å². The van der Waals surface area contributed by atoms with Gasteiger partial charge in [-0.2, -0.15) is 5.26 Å². The maximum atomic E-state index is 12.8. The summed E-state index contributed by atoms with van der Waals surface area (Å²) in [5, 5.41) is 15.2. The first kappa shape index (κ1) is 28.7. The minimum atomic E-state index is -0.540. The van der Waals surface area contributed by atoms with E-state index in [2.05, 4.69) is 27.5 Å². The Hall–Kier alpha value is -3.88. The van der Waals surface area contributed by atoms with E-state index in [1.807, 2.05) is 44.9 Å². The summed E-state index contributed by atoms with van der Waals surface area (Å²) in [5.74, 6) is 0.835. The van der Waals surface area contributed by atoms with Crippen LogP contribution in [0.3, 0.4) is 0 Å². The molecular formula is C26H38N8O4. The third kappa shape index (κ3) is 7.34. The number of nitrogens with one attached hydrogen (secondary N) is 2. The fourth-order valence-corrected chi connectivity index (χ4v) is 4.53. The molecule has 2 N–H and O–H groups in total. The first-order valence-corrected chi connectivity index (χ1v) is 13.0. The van der Waals surface area contributed by atoms with Gasteiger partial charge in [0.25, 0.3) is 0 Å². The van der Waals surface area contributed by atoms with Crippen molar-refractivity contribution in [2.24, 2.45) is 5.92 Å². The van der Waals surface area contributed by atoms with Gasteiger partial charge in [-0.05, 0) is 52.0 Å². The highest BCUT2D eigenvalue weighted by Crippen LogP contribution is 2.29. The number of carbonyl (C=O) groups excluding carboxylic acids is 3. The normalized spacial score (nSPS) is 17.5. The molecule has 1 aliphatic rings. The van der Waals surface area contributed by atoms with Gasteiger partial charge < -0.3 is 25.2 Å². The first-order chi connectivity index (χ1) is 18.0. The SMILES string of the molecule is C[C@@H]1CCN(C(=O)CC#N)C[C@@H]1N(C)c1ncnc2c1ccn2C(=O)NCCCCNC(=O)OC(C)(C)C. The van der Waals surface area contributed by atoms with Crippen molar-refractivity contribution in [3.63, 3.8) is 0 Å². The summed E-state index contributed by atoms with van der Waals surface area (Å²) >= 11 is 0. The van der Waals surface area contributed by atoms with Crippen molar-refractivity contribution >= 4 is 34.9 Å². The number of aromatic nitrogens is 3. The molecule has 0 spiro atoms. The largest absolute Gasteiger partial charge is 0.444 e. The molecule has 0 saturated carbocycles. The molecule has 2 aromatic rings. The second-order valence-electron chi connectivity index (χ2n) is 10.6. The highest BCUT2D eigenvalue weighted by atomic mass is 16.6. The summed E-state index contributed by atoms with van der Waals surface area (Å²) in [6.45, 7) is 9.62. The smallest absolute Gasteiger partial charge is 0.407 e. The van der Waals surface area contributed by atoms with E-state index < -0.39 is 11.7 Å². The third-order valence-electron chi connectivity index (χ3n) is 6.56. The van der Waals surface area contributed by atoms with E-state index in [0.717, 1.165) is 11.8 Å². The number of ether oxygens (including phenoxy) is 1. The maximum absolute atomic E-state index is 12.8. The molecule has 0 bridgehead atoms. The van der Waals surface area contributed by atoms with Crippen LogP contribution < -0.4 is 15.5 Å². The Bertz CT molecular complexity index is 1180. The second-order valence-corrected chi connectivity index (χ2v) is 10.6. The van der Waals surface area contributed by atoms with Crippen molar-refractivity contribution in [2.75, 3.05) is 38.1 Å². The lowest BCUT2D eigenvalue weighted by Crippen LogP contribution is -2.52. The zero-order chi connectivity index (χ0) is 27.9. The number of likely N-dealkylation sites (N-methyl/N-ethyl adjacent to an activating group) is 1. The van der Waals surface area contributed by atoms with Crippen LogP contribution in [0.4, 0.5) is 15.4 Å². The molecule has 3 amide bonds. The van der Waals surface area contributed by atoms with Crippen molar-refractivity contribution in [3.05, 3.63) is 18.6 Å². The van der Waals surface area contributed by atoms with Crippen LogP contribution in [0.2, 0.25) is 0 Å². The number of nitrogens with zero attached hydrogens (tertiary/aromatic N) is 6. The predicted molar refractivity (Wildman–Crippen MR) is 143 cm³/mol. The Kier molecular flexibility index (Phi) is 9.50. The summed E-state index contributed by atoms with van der Waals surface area (Å²) < 4.78 is 6.66. The minimum absolute atomic E-state index is 0.0101. The van der Waals surface area contributed by atoms with Crippen molar-refractivity contribution in [3.8, 4) is 6.07 Å². The number of unbranched alkanes of at least 4 members (excludes halogenated alkanes) is 1.